The molecule has 5 heteroatoms. The Kier molecular flexibility index (Phi) is 1.92. The SMILES string of the molecule is Cc1cnn(-c2cc(=O)n(C)cn2)c1. The summed E-state index contributed by atoms with van der Waals surface area (Å²) in [6.07, 6.45) is 5.02. The van der Waals surface area contributed by atoms with Crippen molar-refractivity contribution in [2.45, 2.75) is 6.92 Å². The van der Waals surface area contributed by atoms with E-state index in [9.17, 15) is 4.79 Å². The zero-order valence-electron chi connectivity index (χ0n) is 8.01. The molecule has 5 nitrogen and oxygen atoms in total. The summed E-state index contributed by atoms with van der Waals surface area (Å²) < 4.78 is 3.00. The third-order valence-corrected chi connectivity index (χ3v) is 1.91. The fourth-order valence-corrected chi connectivity index (χ4v) is 1.12. The van der Waals surface area contributed by atoms with Gasteiger partial charge < -0.3 is 4.57 Å². The van der Waals surface area contributed by atoms with Gasteiger partial charge in [-0.15, -0.1) is 0 Å². The van der Waals surface area contributed by atoms with Crippen molar-refractivity contribution in [3.05, 3.63) is 40.7 Å². The van der Waals surface area contributed by atoms with E-state index in [-0.39, 0.29) is 5.56 Å². The van der Waals surface area contributed by atoms with E-state index < -0.39 is 0 Å². The van der Waals surface area contributed by atoms with Crippen LogP contribution in [0.5, 0.6) is 0 Å². The third-order valence-electron chi connectivity index (χ3n) is 1.91. The summed E-state index contributed by atoms with van der Waals surface area (Å²) in [7, 11) is 1.66. The highest BCUT2D eigenvalue weighted by atomic mass is 16.1. The van der Waals surface area contributed by atoms with Crippen molar-refractivity contribution in [3.63, 3.8) is 0 Å². The first-order chi connectivity index (χ1) is 6.66. The van der Waals surface area contributed by atoms with Gasteiger partial charge >= 0.3 is 0 Å². The Morgan fingerprint density at radius 1 is 1.43 bits per heavy atom. The van der Waals surface area contributed by atoms with Gasteiger partial charge in [0.25, 0.3) is 5.56 Å². The zero-order chi connectivity index (χ0) is 10.1. The lowest BCUT2D eigenvalue weighted by Gasteiger charge is -2.00. The topological polar surface area (TPSA) is 52.7 Å². The van der Waals surface area contributed by atoms with Gasteiger partial charge in [0.1, 0.15) is 0 Å². The van der Waals surface area contributed by atoms with E-state index >= 15 is 0 Å². The molecule has 0 bridgehead atoms. The Morgan fingerprint density at radius 3 is 2.79 bits per heavy atom. The van der Waals surface area contributed by atoms with Gasteiger partial charge in [-0.1, -0.05) is 0 Å². The summed E-state index contributed by atoms with van der Waals surface area (Å²) in [5.74, 6) is 0.543. The van der Waals surface area contributed by atoms with E-state index in [4.69, 9.17) is 0 Å². The molecule has 0 amide bonds. The maximum absolute atomic E-state index is 11.3. The van der Waals surface area contributed by atoms with Crippen LogP contribution in [0, 0.1) is 6.92 Å². The van der Waals surface area contributed by atoms with Crippen LogP contribution in [0.2, 0.25) is 0 Å². The predicted molar refractivity (Wildman–Crippen MR) is 51.3 cm³/mol. The lowest BCUT2D eigenvalue weighted by atomic mass is 10.4. The number of aromatic nitrogens is 4. The standard InChI is InChI=1S/C9H10N4O/c1-7-4-11-13(5-7)8-3-9(14)12(2)6-10-8/h3-6H,1-2H3. The van der Waals surface area contributed by atoms with Crippen LogP contribution in [0.4, 0.5) is 0 Å². The maximum atomic E-state index is 11.3. The summed E-state index contributed by atoms with van der Waals surface area (Å²) in [6.45, 7) is 1.94. The van der Waals surface area contributed by atoms with Gasteiger partial charge in [0.2, 0.25) is 0 Å². The second-order valence-electron chi connectivity index (χ2n) is 3.16. The number of hydrogen-bond donors (Lipinski definition) is 0. The van der Waals surface area contributed by atoms with Crippen molar-refractivity contribution >= 4 is 0 Å². The monoisotopic (exact) mass is 190 g/mol. The average Bonchev–Trinajstić information content (AvgIpc) is 2.57. The average molecular weight is 190 g/mol. The van der Waals surface area contributed by atoms with Crippen molar-refractivity contribution in [3.8, 4) is 5.82 Å². The van der Waals surface area contributed by atoms with E-state index in [1.807, 2.05) is 13.1 Å². The molecule has 72 valence electrons. The summed E-state index contributed by atoms with van der Waals surface area (Å²) in [6, 6.07) is 1.45. The molecule has 0 aliphatic heterocycles. The van der Waals surface area contributed by atoms with Crippen LogP contribution in [-0.4, -0.2) is 19.3 Å². The molecule has 0 radical (unpaired) electrons. The molecule has 0 aliphatic carbocycles. The lowest BCUT2D eigenvalue weighted by molar-refractivity contribution is 0.776. The Hall–Kier alpha value is -1.91. The first-order valence-electron chi connectivity index (χ1n) is 4.21. The van der Waals surface area contributed by atoms with Crippen LogP contribution < -0.4 is 5.56 Å². The second-order valence-corrected chi connectivity index (χ2v) is 3.16. The summed E-state index contributed by atoms with van der Waals surface area (Å²) >= 11 is 0. The minimum atomic E-state index is -0.0943. The van der Waals surface area contributed by atoms with E-state index in [0.717, 1.165) is 5.56 Å². The highest BCUT2D eigenvalue weighted by Gasteiger charge is 2.00. The molecule has 0 N–H and O–H groups in total. The van der Waals surface area contributed by atoms with Crippen molar-refractivity contribution in [1.29, 1.82) is 0 Å². The predicted octanol–water partition coefficient (Wildman–Crippen LogP) is 0.274. The number of hydrogen-bond acceptors (Lipinski definition) is 3. The molecule has 2 aromatic rings. The van der Waals surface area contributed by atoms with Gasteiger partial charge in [-0.2, -0.15) is 5.10 Å². The molecule has 0 aliphatic rings. The molecule has 0 spiro atoms. The molecule has 0 aromatic carbocycles. The van der Waals surface area contributed by atoms with E-state index in [0.29, 0.717) is 5.82 Å². The van der Waals surface area contributed by atoms with Gasteiger partial charge in [-0.3, -0.25) is 4.79 Å². The van der Waals surface area contributed by atoms with Crippen LogP contribution in [0.1, 0.15) is 5.56 Å². The maximum Gasteiger partial charge on any atom is 0.255 e. The number of nitrogens with zero attached hydrogens (tertiary/aromatic N) is 4. The minimum Gasteiger partial charge on any atom is -0.302 e. The van der Waals surface area contributed by atoms with E-state index in [1.54, 1.807) is 17.9 Å². The highest BCUT2D eigenvalue weighted by Crippen LogP contribution is 2.00. The van der Waals surface area contributed by atoms with Crippen LogP contribution >= 0.6 is 0 Å². The van der Waals surface area contributed by atoms with Crippen molar-refractivity contribution in [2.24, 2.45) is 7.05 Å². The molecular formula is C9H10N4O. The summed E-state index contributed by atoms with van der Waals surface area (Å²) in [5.41, 5.74) is 0.940. The van der Waals surface area contributed by atoms with Crippen LogP contribution in [0.3, 0.4) is 0 Å². The van der Waals surface area contributed by atoms with Gasteiger partial charge in [-0.25, -0.2) is 9.67 Å². The van der Waals surface area contributed by atoms with Gasteiger partial charge in [0.05, 0.1) is 12.5 Å². The van der Waals surface area contributed by atoms with Crippen LogP contribution in [-0.2, 0) is 7.05 Å². The first-order valence-corrected chi connectivity index (χ1v) is 4.21. The molecule has 2 rings (SSSR count). The summed E-state index contributed by atoms with van der Waals surface area (Å²) in [4.78, 5) is 15.4. The molecule has 2 aromatic heterocycles. The molecule has 0 saturated heterocycles. The normalized spacial score (nSPS) is 10.4. The van der Waals surface area contributed by atoms with E-state index in [1.165, 1.54) is 17.0 Å². The Morgan fingerprint density at radius 2 is 2.21 bits per heavy atom. The second kappa shape index (κ2) is 3.10. The fourth-order valence-electron chi connectivity index (χ4n) is 1.12. The van der Waals surface area contributed by atoms with Crippen molar-refractivity contribution < 1.29 is 0 Å². The Balaban J connectivity index is 2.53. The van der Waals surface area contributed by atoms with Gasteiger partial charge in [0.15, 0.2) is 5.82 Å². The largest absolute Gasteiger partial charge is 0.302 e. The molecule has 0 unspecified atom stereocenters. The number of rotatable bonds is 1. The zero-order valence-corrected chi connectivity index (χ0v) is 8.01. The van der Waals surface area contributed by atoms with Gasteiger partial charge in [0, 0.05) is 19.3 Å². The minimum absolute atomic E-state index is 0.0943. The first kappa shape index (κ1) is 8.68. The highest BCUT2D eigenvalue weighted by molar-refractivity contribution is 5.19. The van der Waals surface area contributed by atoms with Gasteiger partial charge in [-0.05, 0) is 12.5 Å². The Labute approximate surface area is 80.6 Å². The molecule has 0 saturated carbocycles. The quantitative estimate of drug-likeness (QED) is 0.648. The lowest BCUT2D eigenvalue weighted by Crippen LogP contribution is -2.17. The van der Waals surface area contributed by atoms with E-state index in [2.05, 4.69) is 10.1 Å². The molecule has 0 atom stereocenters. The Bertz CT molecular complexity index is 512. The molecular weight excluding hydrogens is 180 g/mol. The van der Waals surface area contributed by atoms with Crippen LogP contribution in [0.25, 0.3) is 5.82 Å². The summed E-state index contributed by atoms with van der Waals surface area (Å²) in [5, 5.41) is 4.06. The van der Waals surface area contributed by atoms with Crippen LogP contribution in [0.15, 0.2) is 29.6 Å². The van der Waals surface area contributed by atoms with Crippen molar-refractivity contribution in [1.82, 2.24) is 19.3 Å². The molecule has 0 fully saturated rings. The van der Waals surface area contributed by atoms with Crippen molar-refractivity contribution in [2.75, 3.05) is 0 Å². The fraction of sp³-hybridized carbons (Fsp3) is 0.222. The molecule has 14 heavy (non-hydrogen) atoms. The smallest absolute Gasteiger partial charge is 0.255 e. The third kappa shape index (κ3) is 1.44. The molecule has 2 heterocycles. The number of aryl methyl sites for hydroxylation is 2.